The Morgan fingerprint density at radius 1 is 1.19 bits per heavy atom. The summed E-state index contributed by atoms with van der Waals surface area (Å²) in [6.45, 7) is 2.16. The number of amides is 1. The average molecular weight is 500 g/mol. The van der Waals surface area contributed by atoms with Gasteiger partial charge < -0.3 is 10.0 Å². The summed E-state index contributed by atoms with van der Waals surface area (Å²) < 4.78 is 41.6. The molecule has 1 saturated heterocycles. The molecule has 4 aromatic rings. The van der Waals surface area contributed by atoms with Crippen molar-refractivity contribution in [2.24, 2.45) is 0 Å². The van der Waals surface area contributed by atoms with Crippen LogP contribution in [0.25, 0.3) is 16.9 Å². The minimum Gasteiger partial charge on any atom is -0.379 e. The molecule has 0 saturated carbocycles. The van der Waals surface area contributed by atoms with Gasteiger partial charge in [0, 0.05) is 36.1 Å². The van der Waals surface area contributed by atoms with Crippen LogP contribution < -0.4 is 0 Å². The third-order valence-electron chi connectivity index (χ3n) is 6.40. The SMILES string of the molecule is C[C@@H]1CC[C@@H](n2cc([C@@H](O)C(F)(F)F)c(-c3cn[nH]c3)n2)CN1C(=O)c1ccccc1-n1nccn1. The monoisotopic (exact) mass is 500 g/mol. The summed E-state index contributed by atoms with van der Waals surface area (Å²) in [4.78, 5) is 16.7. The number of aromatic nitrogens is 7. The molecule has 0 unspecified atom stereocenters. The Morgan fingerprint density at radius 2 is 1.94 bits per heavy atom. The molecular weight excluding hydrogens is 477 g/mol. The van der Waals surface area contributed by atoms with Crippen LogP contribution in [0.3, 0.4) is 0 Å². The van der Waals surface area contributed by atoms with E-state index in [1.165, 1.54) is 40.5 Å². The van der Waals surface area contributed by atoms with Gasteiger partial charge in [-0.1, -0.05) is 12.1 Å². The topological polar surface area (TPSA) is 118 Å². The number of hydrogen-bond donors (Lipinski definition) is 2. The molecule has 0 spiro atoms. The Hall–Kier alpha value is -4.00. The van der Waals surface area contributed by atoms with Gasteiger partial charge in [0.05, 0.1) is 35.9 Å². The molecule has 1 aliphatic rings. The minimum atomic E-state index is -4.86. The number of halogens is 3. The molecule has 13 heteroatoms. The molecule has 10 nitrogen and oxygen atoms in total. The maximum atomic E-state index is 13.6. The Kier molecular flexibility index (Phi) is 6.08. The number of benzene rings is 1. The Balaban J connectivity index is 1.47. The van der Waals surface area contributed by atoms with Gasteiger partial charge in [0.25, 0.3) is 5.91 Å². The van der Waals surface area contributed by atoms with Crippen LogP contribution in [0.4, 0.5) is 13.2 Å². The summed E-state index contributed by atoms with van der Waals surface area (Å²) in [7, 11) is 0. The standard InChI is InChI=1S/C23H23F3N8O2/c1-14-6-7-16(12-32(14)22(36)17-4-2-3-5-19(17)34-29-8-9-30-34)33-13-18(21(35)23(24,25)26)20(31-33)15-10-27-28-11-15/h2-5,8-11,13-14,16,21,35H,6-7,12H2,1H3,(H,27,28)/t14-,16-,21-/m1/s1. The molecule has 5 rings (SSSR count). The van der Waals surface area contributed by atoms with Gasteiger partial charge in [-0.15, -0.1) is 0 Å². The Labute approximate surface area is 203 Å². The van der Waals surface area contributed by atoms with Gasteiger partial charge in [0.2, 0.25) is 0 Å². The highest BCUT2D eigenvalue weighted by molar-refractivity contribution is 5.98. The lowest BCUT2D eigenvalue weighted by Crippen LogP contribution is -2.46. The van der Waals surface area contributed by atoms with Crippen molar-refractivity contribution in [2.75, 3.05) is 6.54 Å². The molecule has 4 heterocycles. The molecule has 36 heavy (non-hydrogen) atoms. The fourth-order valence-electron chi connectivity index (χ4n) is 4.48. The normalized spacial score (nSPS) is 19.4. The third-order valence-corrected chi connectivity index (χ3v) is 6.40. The van der Waals surface area contributed by atoms with Gasteiger partial charge in [-0.05, 0) is 31.9 Å². The van der Waals surface area contributed by atoms with Crippen LogP contribution in [0, 0.1) is 0 Å². The molecule has 2 N–H and O–H groups in total. The fourth-order valence-corrected chi connectivity index (χ4v) is 4.48. The van der Waals surface area contributed by atoms with Crippen molar-refractivity contribution in [1.82, 2.24) is 39.9 Å². The van der Waals surface area contributed by atoms with Crippen molar-refractivity contribution in [3.8, 4) is 16.9 Å². The lowest BCUT2D eigenvalue weighted by Gasteiger charge is -2.38. The lowest BCUT2D eigenvalue weighted by atomic mass is 9.98. The summed E-state index contributed by atoms with van der Waals surface area (Å²) in [6, 6.07) is 6.49. The third kappa shape index (κ3) is 4.37. The van der Waals surface area contributed by atoms with E-state index in [1.54, 1.807) is 29.2 Å². The van der Waals surface area contributed by atoms with E-state index in [1.807, 2.05) is 6.92 Å². The van der Waals surface area contributed by atoms with Crippen LogP contribution >= 0.6 is 0 Å². The minimum absolute atomic E-state index is 0.0137. The molecule has 0 bridgehead atoms. The lowest BCUT2D eigenvalue weighted by molar-refractivity contribution is -0.206. The van der Waals surface area contributed by atoms with Crippen LogP contribution in [0.15, 0.2) is 55.2 Å². The van der Waals surface area contributed by atoms with E-state index in [-0.39, 0.29) is 35.8 Å². The zero-order valence-corrected chi connectivity index (χ0v) is 19.2. The first kappa shape index (κ1) is 23.7. The number of piperidine rings is 1. The predicted octanol–water partition coefficient (Wildman–Crippen LogP) is 3.32. The quantitative estimate of drug-likeness (QED) is 0.434. The first-order valence-corrected chi connectivity index (χ1v) is 11.3. The molecule has 1 aliphatic heterocycles. The number of rotatable bonds is 5. The van der Waals surface area contributed by atoms with E-state index in [2.05, 4.69) is 25.5 Å². The number of nitrogens with zero attached hydrogens (tertiary/aromatic N) is 7. The van der Waals surface area contributed by atoms with E-state index in [0.717, 1.165) is 0 Å². The van der Waals surface area contributed by atoms with Crippen LogP contribution in [0.2, 0.25) is 0 Å². The van der Waals surface area contributed by atoms with Gasteiger partial charge in [0.1, 0.15) is 5.69 Å². The number of aliphatic hydroxyl groups is 1. The van der Waals surface area contributed by atoms with Gasteiger partial charge in [0.15, 0.2) is 6.10 Å². The molecule has 3 atom stereocenters. The summed E-state index contributed by atoms with van der Waals surface area (Å²) in [5.41, 5.74) is 0.883. The molecule has 0 radical (unpaired) electrons. The van der Waals surface area contributed by atoms with Gasteiger partial charge in [-0.3, -0.25) is 14.6 Å². The highest BCUT2D eigenvalue weighted by Crippen LogP contribution is 2.38. The van der Waals surface area contributed by atoms with Crippen molar-refractivity contribution >= 4 is 5.91 Å². The maximum Gasteiger partial charge on any atom is 0.418 e. The summed E-state index contributed by atoms with van der Waals surface area (Å²) in [5, 5.41) is 29.0. The number of nitrogens with one attached hydrogen (secondary N) is 1. The highest BCUT2D eigenvalue weighted by Gasteiger charge is 2.42. The second kappa shape index (κ2) is 9.22. The number of alkyl halides is 3. The maximum absolute atomic E-state index is 13.6. The Morgan fingerprint density at radius 3 is 2.64 bits per heavy atom. The van der Waals surface area contributed by atoms with Gasteiger partial charge in [-0.25, -0.2) is 0 Å². The smallest absolute Gasteiger partial charge is 0.379 e. The predicted molar refractivity (Wildman–Crippen MR) is 121 cm³/mol. The highest BCUT2D eigenvalue weighted by atomic mass is 19.4. The van der Waals surface area contributed by atoms with Crippen molar-refractivity contribution in [2.45, 2.75) is 44.1 Å². The number of H-pyrrole nitrogens is 1. The number of aliphatic hydroxyl groups excluding tert-OH is 1. The molecule has 0 aliphatic carbocycles. The molecule has 188 valence electrons. The van der Waals surface area contributed by atoms with E-state index in [0.29, 0.717) is 29.7 Å². The Bertz CT molecular complexity index is 1330. The number of para-hydroxylation sites is 1. The second-order valence-electron chi connectivity index (χ2n) is 8.72. The number of carbonyl (C=O) groups is 1. The summed E-state index contributed by atoms with van der Waals surface area (Å²) in [5.74, 6) is -0.238. The molecular formula is C23H23F3N8O2. The van der Waals surface area contributed by atoms with E-state index in [9.17, 15) is 23.1 Å². The summed E-state index contributed by atoms with van der Waals surface area (Å²) in [6.07, 6.45) is 0.663. The zero-order chi connectivity index (χ0) is 25.4. The number of likely N-dealkylation sites (tertiary alicyclic amines) is 1. The van der Waals surface area contributed by atoms with Crippen LogP contribution in [0.1, 0.15) is 47.8 Å². The zero-order valence-electron chi connectivity index (χ0n) is 19.2. The number of hydrogen-bond acceptors (Lipinski definition) is 6. The van der Waals surface area contributed by atoms with Gasteiger partial charge >= 0.3 is 6.18 Å². The largest absolute Gasteiger partial charge is 0.418 e. The van der Waals surface area contributed by atoms with E-state index in [4.69, 9.17) is 0 Å². The summed E-state index contributed by atoms with van der Waals surface area (Å²) >= 11 is 0. The van der Waals surface area contributed by atoms with Crippen molar-refractivity contribution in [3.05, 3.63) is 66.4 Å². The fraction of sp³-hybridized carbons (Fsp3) is 0.348. The first-order chi connectivity index (χ1) is 17.2. The molecule has 1 aromatic carbocycles. The van der Waals surface area contributed by atoms with E-state index >= 15 is 0 Å². The van der Waals surface area contributed by atoms with E-state index < -0.39 is 12.3 Å². The van der Waals surface area contributed by atoms with Crippen molar-refractivity contribution in [3.63, 3.8) is 0 Å². The number of carbonyl (C=O) groups excluding carboxylic acids is 1. The van der Waals surface area contributed by atoms with Crippen molar-refractivity contribution < 1.29 is 23.1 Å². The molecule has 1 amide bonds. The van der Waals surface area contributed by atoms with Crippen LogP contribution in [-0.2, 0) is 0 Å². The van der Waals surface area contributed by atoms with Crippen LogP contribution in [0.5, 0.6) is 0 Å². The molecule has 1 fully saturated rings. The van der Waals surface area contributed by atoms with Crippen molar-refractivity contribution in [1.29, 1.82) is 0 Å². The van der Waals surface area contributed by atoms with Gasteiger partial charge in [-0.2, -0.15) is 38.4 Å². The first-order valence-electron chi connectivity index (χ1n) is 11.3. The van der Waals surface area contributed by atoms with Crippen LogP contribution in [-0.4, -0.2) is 69.6 Å². The molecule has 3 aromatic heterocycles. The average Bonchev–Trinajstić information content (AvgIpc) is 3.64. The number of aromatic amines is 1. The second-order valence-corrected chi connectivity index (χ2v) is 8.72.